The van der Waals surface area contributed by atoms with Gasteiger partial charge in [-0.25, -0.2) is 13.1 Å². The third-order valence-electron chi connectivity index (χ3n) is 5.28. The maximum absolute atomic E-state index is 12.0. The summed E-state index contributed by atoms with van der Waals surface area (Å²) in [6.07, 6.45) is 3.14. The molecule has 6 nitrogen and oxygen atoms in total. The normalized spacial score (nSPS) is 23.7. The van der Waals surface area contributed by atoms with Crippen molar-refractivity contribution < 1.29 is 17.9 Å². The molecule has 1 aromatic carbocycles. The maximum atomic E-state index is 12.0. The SMILES string of the molecule is CCS(=O)(=O)N[C@H]1CCN(C(C)=O)C[C@@H]1COc1ccc(C2CC2)cc1. The molecule has 0 unspecified atom stereocenters. The van der Waals surface area contributed by atoms with Crippen LogP contribution in [-0.4, -0.2) is 50.7 Å². The molecule has 1 N–H and O–H groups in total. The van der Waals surface area contributed by atoms with Crippen LogP contribution in [-0.2, 0) is 14.8 Å². The molecular weight excluding hydrogens is 352 g/mol. The van der Waals surface area contributed by atoms with E-state index in [9.17, 15) is 13.2 Å². The fourth-order valence-corrected chi connectivity index (χ4v) is 4.35. The van der Waals surface area contributed by atoms with E-state index < -0.39 is 10.0 Å². The zero-order valence-corrected chi connectivity index (χ0v) is 16.3. The number of benzene rings is 1. The molecule has 1 aliphatic carbocycles. The van der Waals surface area contributed by atoms with Crippen LogP contribution in [0.2, 0.25) is 0 Å². The van der Waals surface area contributed by atoms with Crippen LogP contribution < -0.4 is 9.46 Å². The van der Waals surface area contributed by atoms with Crippen molar-refractivity contribution in [2.75, 3.05) is 25.4 Å². The molecule has 3 rings (SSSR count). The third kappa shape index (κ3) is 4.98. The lowest BCUT2D eigenvalue weighted by molar-refractivity contribution is -0.131. The van der Waals surface area contributed by atoms with Gasteiger partial charge in [-0.1, -0.05) is 12.1 Å². The Kier molecular flexibility index (Phi) is 5.87. The van der Waals surface area contributed by atoms with Crippen molar-refractivity contribution in [1.29, 1.82) is 0 Å². The van der Waals surface area contributed by atoms with Crippen molar-refractivity contribution >= 4 is 15.9 Å². The molecule has 0 radical (unpaired) electrons. The van der Waals surface area contributed by atoms with Crippen LogP contribution in [0.4, 0.5) is 0 Å². The van der Waals surface area contributed by atoms with Crippen LogP contribution in [0, 0.1) is 5.92 Å². The van der Waals surface area contributed by atoms with E-state index in [0.29, 0.717) is 32.0 Å². The summed E-state index contributed by atoms with van der Waals surface area (Å²) in [5, 5.41) is 0. The Morgan fingerprint density at radius 3 is 2.50 bits per heavy atom. The number of carbonyl (C=O) groups excluding carboxylic acids is 1. The first kappa shape index (κ1) is 19.2. The van der Waals surface area contributed by atoms with Gasteiger partial charge in [0, 0.05) is 32.0 Å². The summed E-state index contributed by atoms with van der Waals surface area (Å²) in [6, 6.07) is 7.95. The van der Waals surface area contributed by atoms with E-state index in [4.69, 9.17) is 4.74 Å². The summed E-state index contributed by atoms with van der Waals surface area (Å²) >= 11 is 0. The summed E-state index contributed by atoms with van der Waals surface area (Å²) < 4.78 is 32.7. The standard InChI is InChI=1S/C19H28N2O4S/c1-3-26(23,24)20-19-10-11-21(14(2)22)12-17(19)13-25-18-8-6-16(7-9-18)15-4-5-15/h6-9,15,17,19-20H,3-5,10-13H2,1-2H3/t17-,19+/m1/s1. The van der Waals surface area contributed by atoms with Crippen molar-refractivity contribution in [3.63, 3.8) is 0 Å². The first-order chi connectivity index (χ1) is 12.4. The second-order valence-electron chi connectivity index (χ2n) is 7.30. The number of sulfonamides is 1. The monoisotopic (exact) mass is 380 g/mol. The molecule has 0 bridgehead atoms. The third-order valence-corrected chi connectivity index (χ3v) is 6.71. The number of nitrogens with one attached hydrogen (secondary N) is 1. The number of amides is 1. The van der Waals surface area contributed by atoms with Gasteiger partial charge in [-0.2, -0.15) is 0 Å². The maximum Gasteiger partial charge on any atom is 0.219 e. The summed E-state index contributed by atoms with van der Waals surface area (Å²) in [5.74, 6) is 1.49. The van der Waals surface area contributed by atoms with Crippen molar-refractivity contribution in [3.05, 3.63) is 29.8 Å². The summed E-state index contributed by atoms with van der Waals surface area (Å²) in [7, 11) is -3.29. The Hall–Kier alpha value is -1.60. The van der Waals surface area contributed by atoms with E-state index in [1.165, 1.54) is 18.4 Å². The van der Waals surface area contributed by atoms with Crippen LogP contribution >= 0.6 is 0 Å². The highest BCUT2D eigenvalue weighted by molar-refractivity contribution is 7.89. The van der Waals surface area contributed by atoms with Gasteiger partial charge in [0.15, 0.2) is 0 Å². The second-order valence-corrected chi connectivity index (χ2v) is 9.34. The predicted molar refractivity (Wildman–Crippen MR) is 101 cm³/mol. The Labute approximate surface area is 156 Å². The molecule has 0 aromatic heterocycles. The highest BCUT2D eigenvalue weighted by atomic mass is 32.2. The number of likely N-dealkylation sites (tertiary alicyclic amines) is 1. The van der Waals surface area contributed by atoms with E-state index in [-0.39, 0.29) is 23.6 Å². The average Bonchev–Trinajstić information content (AvgIpc) is 3.46. The van der Waals surface area contributed by atoms with Gasteiger partial charge >= 0.3 is 0 Å². The largest absolute Gasteiger partial charge is 0.493 e. The Balaban J connectivity index is 1.63. The van der Waals surface area contributed by atoms with Gasteiger partial charge in [-0.3, -0.25) is 4.79 Å². The fourth-order valence-electron chi connectivity index (χ4n) is 3.41. The lowest BCUT2D eigenvalue weighted by Gasteiger charge is -2.38. The van der Waals surface area contributed by atoms with Gasteiger partial charge in [-0.15, -0.1) is 0 Å². The number of hydrogen-bond donors (Lipinski definition) is 1. The van der Waals surface area contributed by atoms with Crippen LogP contribution in [0.5, 0.6) is 5.75 Å². The second kappa shape index (κ2) is 7.96. The van der Waals surface area contributed by atoms with Gasteiger partial charge in [-0.05, 0) is 49.8 Å². The number of nitrogens with zero attached hydrogens (tertiary/aromatic N) is 1. The molecular formula is C19H28N2O4S. The number of ether oxygens (including phenoxy) is 1. The number of rotatable bonds is 7. The molecule has 2 atom stereocenters. The van der Waals surface area contributed by atoms with E-state index >= 15 is 0 Å². The van der Waals surface area contributed by atoms with Gasteiger partial charge in [0.1, 0.15) is 5.75 Å². The lowest BCUT2D eigenvalue weighted by Crippen LogP contribution is -2.53. The molecule has 26 heavy (non-hydrogen) atoms. The summed E-state index contributed by atoms with van der Waals surface area (Å²) in [6.45, 7) is 4.62. The Morgan fingerprint density at radius 2 is 1.92 bits per heavy atom. The van der Waals surface area contributed by atoms with E-state index in [1.807, 2.05) is 12.1 Å². The molecule has 1 aliphatic heterocycles. The highest BCUT2D eigenvalue weighted by Crippen LogP contribution is 2.40. The first-order valence-electron chi connectivity index (χ1n) is 9.36. The number of piperidine rings is 1. The lowest BCUT2D eigenvalue weighted by atomic mass is 9.93. The molecule has 1 saturated carbocycles. The molecule has 2 fully saturated rings. The summed E-state index contributed by atoms with van der Waals surface area (Å²) in [4.78, 5) is 13.5. The minimum absolute atomic E-state index is 0.0144. The Bertz CT molecular complexity index is 728. The van der Waals surface area contributed by atoms with E-state index in [2.05, 4.69) is 16.9 Å². The topological polar surface area (TPSA) is 75.7 Å². The van der Waals surface area contributed by atoms with Crippen LogP contribution in [0.1, 0.15) is 44.6 Å². The summed E-state index contributed by atoms with van der Waals surface area (Å²) in [5.41, 5.74) is 1.35. The fraction of sp³-hybridized carbons (Fsp3) is 0.632. The van der Waals surface area contributed by atoms with Gasteiger partial charge in [0.25, 0.3) is 0 Å². The molecule has 1 amide bonds. The molecule has 1 heterocycles. The highest BCUT2D eigenvalue weighted by Gasteiger charge is 2.33. The van der Waals surface area contributed by atoms with E-state index in [1.54, 1.807) is 18.7 Å². The minimum atomic E-state index is -3.29. The van der Waals surface area contributed by atoms with Crippen LogP contribution in [0.15, 0.2) is 24.3 Å². The zero-order valence-electron chi connectivity index (χ0n) is 15.5. The Morgan fingerprint density at radius 1 is 1.23 bits per heavy atom. The van der Waals surface area contributed by atoms with Gasteiger partial charge in [0.05, 0.1) is 12.4 Å². The quantitative estimate of drug-likeness (QED) is 0.786. The van der Waals surface area contributed by atoms with Gasteiger partial charge in [0.2, 0.25) is 15.9 Å². The number of carbonyl (C=O) groups is 1. The van der Waals surface area contributed by atoms with Crippen LogP contribution in [0.25, 0.3) is 0 Å². The molecule has 0 spiro atoms. The van der Waals surface area contributed by atoms with Gasteiger partial charge < -0.3 is 9.64 Å². The van der Waals surface area contributed by atoms with Crippen molar-refractivity contribution in [1.82, 2.24) is 9.62 Å². The molecule has 144 valence electrons. The van der Waals surface area contributed by atoms with Crippen LogP contribution in [0.3, 0.4) is 0 Å². The predicted octanol–water partition coefficient (Wildman–Crippen LogP) is 2.12. The molecule has 1 aromatic rings. The smallest absolute Gasteiger partial charge is 0.219 e. The minimum Gasteiger partial charge on any atom is -0.493 e. The average molecular weight is 381 g/mol. The van der Waals surface area contributed by atoms with E-state index in [0.717, 1.165) is 5.75 Å². The zero-order chi connectivity index (χ0) is 18.7. The van der Waals surface area contributed by atoms with Crippen molar-refractivity contribution in [2.45, 2.75) is 45.1 Å². The first-order valence-corrected chi connectivity index (χ1v) is 11.0. The van der Waals surface area contributed by atoms with Crippen molar-refractivity contribution in [3.8, 4) is 5.75 Å². The number of hydrogen-bond acceptors (Lipinski definition) is 4. The molecule has 2 aliphatic rings. The molecule has 7 heteroatoms. The molecule has 1 saturated heterocycles. The van der Waals surface area contributed by atoms with Crippen molar-refractivity contribution in [2.24, 2.45) is 5.92 Å².